The number of thioether (sulfide) groups is 1. The number of hydrogen-bond acceptors (Lipinski definition) is 3. The predicted octanol–water partition coefficient (Wildman–Crippen LogP) is 0.155. The number of hydrogen-bond donors (Lipinski definition) is 1. The fraction of sp³-hybridized carbons (Fsp3) is 0.667. The van der Waals surface area contributed by atoms with Crippen LogP contribution in [0.1, 0.15) is 14.7 Å². The summed E-state index contributed by atoms with van der Waals surface area (Å²) in [6.07, 6.45) is 0.704. The molecular formula is C6H9NO2S. The second-order valence-electron chi connectivity index (χ2n) is 2.08. The molecule has 0 aromatic heterocycles. The highest BCUT2D eigenvalue weighted by Crippen LogP contribution is 2.18. The van der Waals surface area contributed by atoms with Crippen molar-refractivity contribution in [1.82, 2.24) is 5.32 Å². The highest BCUT2D eigenvalue weighted by Gasteiger charge is 2.25. The topological polar surface area (TPSA) is 46.2 Å². The largest absolute Gasteiger partial charge is 0.346 e. The molecule has 1 atom stereocenters. The van der Waals surface area contributed by atoms with Crippen LogP contribution in [-0.2, 0) is 9.59 Å². The summed E-state index contributed by atoms with van der Waals surface area (Å²) in [6.45, 7) is -0.297. The summed E-state index contributed by atoms with van der Waals surface area (Å²) in [5.41, 5.74) is 0. The van der Waals surface area contributed by atoms with E-state index in [-0.39, 0.29) is 24.0 Å². The smallest absolute Gasteiger partial charge is 0.217 e. The van der Waals surface area contributed by atoms with Crippen LogP contribution in [-0.4, -0.2) is 22.8 Å². The van der Waals surface area contributed by atoms with Crippen LogP contribution in [0.3, 0.4) is 0 Å². The summed E-state index contributed by atoms with van der Waals surface area (Å²) < 4.78 is 6.71. The van der Waals surface area contributed by atoms with Gasteiger partial charge in [0.05, 0.1) is 6.04 Å². The average molecular weight is 160 g/mol. The second kappa shape index (κ2) is 3.05. The van der Waals surface area contributed by atoms with Crippen LogP contribution >= 0.6 is 11.8 Å². The summed E-state index contributed by atoms with van der Waals surface area (Å²) >= 11 is 1.24. The Balaban J connectivity index is 2.36. The first kappa shape index (κ1) is 6.22. The molecule has 0 unspecified atom stereocenters. The van der Waals surface area contributed by atoms with Crippen molar-refractivity contribution in [1.29, 1.82) is 0 Å². The van der Waals surface area contributed by atoms with Gasteiger partial charge in [-0.1, -0.05) is 11.8 Å². The number of rotatable bonds is 1. The van der Waals surface area contributed by atoms with Gasteiger partial charge in [-0.3, -0.25) is 9.59 Å². The summed E-state index contributed by atoms with van der Waals surface area (Å²) in [5, 5.41) is 2.50. The van der Waals surface area contributed by atoms with Crippen LogP contribution < -0.4 is 5.32 Å². The fourth-order valence-corrected chi connectivity index (χ4v) is 1.75. The van der Waals surface area contributed by atoms with Gasteiger partial charge in [0.25, 0.3) is 0 Å². The Morgan fingerprint density at radius 1 is 2.00 bits per heavy atom. The maximum atomic E-state index is 10.9. The molecule has 1 aliphatic rings. The third kappa shape index (κ3) is 1.73. The van der Waals surface area contributed by atoms with Gasteiger partial charge in [0.1, 0.15) is 0 Å². The van der Waals surface area contributed by atoms with E-state index < -0.39 is 0 Å². The second-order valence-corrected chi connectivity index (χ2v) is 3.18. The van der Waals surface area contributed by atoms with Gasteiger partial charge in [0, 0.05) is 14.0 Å². The van der Waals surface area contributed by atoms with E-state index in [0.717, 1.165) is 5.75 Å². The third-order valence-electron chi connectivity index (χ3n) is 1.27. The van der Waals surface area contributed by atoms with Crippen molar-refractivity contribution >= 4 is 22.8 Å². The van der Waals surface area contributed by atoms with Crippen molar-refractivity contribution in [3.63, 3.8) is 0 Å². The highest BCUT2D eigenvalue weighted by atomic mass is 32.2. The molecule has 0 radical (unpaired) electrons. The first-order chi connectivity index (χ1) is 5.24. The Kier molecular flexibility index (Phi) is 1.90. The van der Waals surface area contributed by atoms with E-state index in [1.807, 2.05) is 0 Å². The van der Waals surface area contributed by atoms with E-state index in [0.29, 0.717) is 6.42 Å². The Labute approximate surface area is 65.0 Å². The van der Waals surface area contributed by atoms with E-state index >= 15 is 0 Å². The van der Waals surface area contributed by atoms with Crippen LogP contribution in [0.4, 0.5) is 0 Å². The zero-order chi connectivity index (χ0) is 8.27. The lowest BCUT2D eigenvalue weighted by Crippen LogP contribution is -2.35. The van der Waals surface area contributed by atoms with E-state index in [4.69, 9.17) is 1.37 Å². The van der Waals surface area contributed by atoms with Gasteiger partial charge in [-0.25, -0.2) is 0 Å². The molecule has 0 bridgehead atoms. The van der Waals surface area contributed by atoms with Gasteiger partial charge in [-0.2, -0.15) is 0 Å². The van der Waals surface area contributed by atoms with Crippen LogP contribution in [0.15, 0.2) is 0 Å². The predicted molar refractivity (Wildman–Crippen MR) is 39.7 cm³/mol. The molecule has 4 heteroatoms. The summed E-state index contributed by atoms with van der Waals surface area (Å²) in [7, 11) is 0. The third-order valence-corrected chi connectivity index (χ3v) is 2.28. The molecule has 1 N–H and O–H groups in total. The summed E-state index contributed by atoms with van der Waals surface area (Å²) in [6, 6.07) is -0.335. The first-order valence-corrected chi connectivity index (χ1v) is 3.98. The molecule has 10 heavy (non-hydrogen) atoms. The van der Waals surface area contributed by atoms with Crippen LogP contribution in [0, 0.1) is 0 Å². The molecule has 3 nitrogen and oxygen atoms in total. The average Bonchev–Trinajstić information content (AvgIpc) is 2.37. The normalized spacial score (nSPS) is 26.2. The minimum absolute atomic E-state index is 0.0202. The van der Waals surface area contributed by atoms with Crippen LogP contribution in [0.25, 0.3) is 0 Å². The van der Waals surface area contributed by atoms with E-state index in [1.165, 1.54) is 11.8 Å². The SMILES string of the molecule is [2H]CC(=O)N[C@H]1CCSC1=O. The van der Waals surface area contributed by atoms with Crippen molar-refractivity contribution in [3.8, 4) is 0 Å². The molecule has 1 fully saturated rings. The molecule has 56 valence electrons. The number of carbonyl (C=O) groups is 2. The van der Waals surface area contributed by atoms with Gasteiger partial charge < -0.3 is 5.32 Å². The monoisotopic (exact) mass is 160 g/mol. The Morgan fingerprint density at radius 2 is 2.80 bits per heavy atom. The zero-order valence-corrected chi connectivity index (χ0v) is 6.24. The molecule has 1 amide bonds. The van der Waals surface area contributed by atoms with Gasteiger partial charge in [0.2, 0.25) is 11.0 Å². The molecule has 0 aromatic rings. The highest BCUT2D eigenvalue weighted by molar-refractivity contribution is 8.14. The van der Waals surface area contributed by atoms with Crippen molar-refractivity contribution in [3.05, 3.63) is 0 Å². The van der Waals surface area contributed by atoms with Crippen molar-refractivity contribution < 1.29 is 11.0 Å². The van der Waals surface area contributed by atoms with Crippen LogP contribution in [0.2, 0.25) is 0 Å². The number of nitrogens with one attached hydrogen (secondary N) is 1. The maximum absolute atomic E-state index is 10.9. The number of amides is 1. The van der Waals surface area contributed by atoms with Gasteiger partial charge in [-0.05, 0) is 6.42 Å². The van der Waals surface area contributed by atoms with Crippen molar-refractivity contribution in [2.75, 3.05) is 5.75 Å². The fourth-order valence-electron chi connectivity index (χ4n) is 0.821. The standard InChI is InChI=1S/C6H9NO2S/c1-4(8)7-5-2-3-10-6(5)9/h5H,2-3H2,1H3,(H,7,8)/t5-/m0/s1/i1D. The maximum Gasteiger partial charge on any atom is 0.217 e. The van der Waals surface area contributed by atoms with Crippen LogP contribution in [0.5, 0.6) is 0 Å². The van der Waals surface area contributed by atoms with E-state index in [9.17, 15) is 9.59 Å². The molecule has 1 aliphatic heterocycles. The van der Waals surface area contributed by atoms with Gasteiger partial charge in [0.15, 0.2) is 0 Å². The Hall–Kier alpha value is -0.510. The summed E-state index contributed by atoms with van der Waals surface area (Å²) in [5.74, 6) is 0.410. The van der Waals surface area contributed by atoms with Gasteiger partial charge in [-0.15, -0.1) is 0 Å². The van der Waals surface area contributed by atoms with E-state index in [1.54, 1.807) is 0 Å². The Morgan fingerprint density at radius 3 is 3.30 bits per heavy atom. The minimum atomic E-state index is -0.370. The molecule has 1 saturated heterocycles. The first-order valence-electron chi connectivity index (χ1n) is 3.70. The molecule has 0 saturated carbocycles. The zero-order valence-electron chi connectivity index (χ0n) is 6.42. The molecule has 0 spiro atoms. The molecule has 0 aliphatic carbocycles. The van der Waals surface area contributed by atoms with E-state index in [2.05, 4.69) is 5.32 Å². The number of carbonyl (C=O) groups excluding carboxylic acids is 2. The quantitative estimate of drug-likeness (QED) is 0.594. The lowest BCUT2D eigenvalue weighted by atomic mass is 10.2. The lowest BCUT2D eigenvalue weighted by Gasteiger charge is -2.05. The summed E-state index contributed by atoms with van der Waals surface area (Å²) in [4.78, 5) is 21.6. The minimum Gasteiger partial charge on any atom is -0.346 e. The van der Waals surface area contributed by atoms with Crippen molar-refractivity contribution in [2.24, 2.45) is 0 Å². The Bertz CT molecular complexity index is 185. The lowest BCUT2D eigenvalue weighted by molar-refractivity contribution is -0.122. The molecule has 1 rings (SSSR count). The van der Waals surface area contributed by atoms with Crippen molar-refractivity contribution in [2.45, 2.75) is 19.4 Å². The van der Waals surface area contributed by atoms with Gasteiger partial charge >= 0.3 is 0 Å². The molecule has 0 aromatic carbocycles. The molecule has 1 heterocycles. The molecular weight excluding hydrogens is 150 g/mol.